The van der Waals surface area contributed by atoms with Crippen molar-refractivity contribution < 1.29 is 4.39 Å². The maximum atomic E-state index is 14.4. The quantitative estimate of drug-likeness (QED) is 0.883. The van der Waals surface area contributed by atoms with Gasteiger partial charge >= 0.3 is 0 Å². The molecule has 1 aliphatic rings. The van der Waals surface area contributed by atoms with Crippen molar-refractivity contribution in [3.63, 3.8) is 0 Å². The molecule has 0 radical (unpaired) electrons. The second-order valence-corrected chi connectivity index (χ2v) is 7.11. The van der Waals surface area contributed by atoms with Crippen molar-refractivity contribution in [2.75, 3.05) is 18.0 Å². The van der Waals surface area contributed by atoms with Gasteiger partial charge in [0.15, 0.2) is 0 Å². The van der Waals surface area contributed by atoms with Gasteiger partial charge in [-0.1, -0.05) is 31.4 Å². The molecule has 1 aromatic carbocycles. The van der Waals surface area contributed by atoms with Gasteiger partial charge in [-0.3, -0.25) is 0 Å². The van der Waals surface area contributed by atoms with Crippen molar-refractivity contribution in [3.8, 4) is 0 Å². The van der Waals surface area contributed by atoms with Crippen molar-refractivity contribution in [1.29, 1.82) is 0 Å². The molecule has 2 rings (SSSR count). The molecule has 0 aromatic heterocycles. The number of hydrogen-bond acceptors (Lipinski definition) is 2. The van der Waals surface area contributed by atoms with Gasteiger partial charge < -0.3 is 10.2 Å². The molecule has 0 atom stereocenters. The molecular weight excluding hydrogens is 263 g/mol. The summed E-state index contributed by atoms with van der Waals surface area (Å²) in [4.78, 5) is 2.26. The van der Waals surface area contributed by atoms with Crippen LogP contribution in [0.25, 0.3) is 0 Å². The van der Waals surface area contributed by atoms with E-state index in [0.29, 0.717) is 6.54 Å². The minimum atomic E-state index is -0.0798. The Hall–Kier alpha value is -1.09. The molecule has 0 unspecified atom stereocenters. The highest BCUT2D eigenvalue weighted by molar-refractivity contribution is 5.55. The van der Waals surface area contributed by atoms with Crippen LogP contribution in [0.2, 0.25) is 0 Å². The minimum absolute atomic E-state index is 0.0415. The van der Waals surface area contributed by atoms with Crippen molar-refractivity contribution in [3.05, 3.63) is 29.6 Å². The first-order valence-electron chi connectivity index (χ1n) is 8.25. The Morgan fingerprint density at radius 3 is 2.29 bits per heavy atom. The van der Waals surface area contributed by atoms with Crippen LogP contribution < -0.4 is 10.2 Å². The van der Waals surface area contributed by atoms with Gasteiger partial charge in [0.25, 0.3) is 0 Å². The lowest BCUT2D eigenvalue weighted by Crippen LogP contribution is -2.36. The van der Waals surface area contributed by atoms with Gasteiger partial charge in [-0.25, -0.2) is 4.39 Å². The largest absolute Gasteiger partial charge is 0.369 e. The van der Waals surface area contributed by atoms with Crippen LogP contribution >= 0.6 is 0 Å². The normalized spacial score (nSPS) is 17.4. The number of para-hydroxylation sites is 1. The number of hydrogen-bond donors (Lipinski definition) is 1. The molecule has 0 bridgehead atoms. The molecule has 1 heterocycles. The van der Waals surface area contributed by atoms with E-state index in [4.69, 9.17) is 0 Å². The van der Waals surface area contributed by atoms with Gasteiger partial charge in [0.05, 0.1) is 5.69 Å². The molecule has 21 heavy (non-hydrogen) atoms. The number of halogens is 1. The summed E-state index contributed by atoms with van der Waals surface area (Å²) in [7, 11) is 0. The number of rotatable bonds is 3. The van der Waals surface area contributed by atoms with Crippen molar-refractivity contribution >= 4 is 5.69 Å². The Morgan fingerprint density at radius 2 is 1.67 bits per heavy atom. The Kier molecular flexibility index (Phi) is 5.63. The van der Waals surface area contributed by atoms with Crippen LogP contribution in [0.4, 0.5) is 10.1 Å². The van der Waals surface area contributed by atoms with Gasteiger partial charge in [-0.2, -0.15) is 0 Å². The number of nitrogens with one attached hydrogen (secondary N) is 1. The van der Waals surface area contributed by atoms with Crippen LogP contribution in [-0.4, -0.2) is 18.6 Å². The van der Waals surface area contributed by atoms with E-state index in [2.05, 4.69) is 37.1 Å². The van der Waals surface area contributed by atoms with Crippen LogP contribution in [-0.2, 0) is 6.54 Å². The van der Waals surface area contributed by atoms with Crippen LogP contribution in [0.15, 0.2) is 18.2 Å². The van der Waals surface area contributed by atoms with Crippen molar-refractivity contribution in [2.24, 2.45) is 0 Å². The average Bonchev–Trinajstić information content (AvgIpc) is 2.36. The molecule has 3 heteroatoms. The highest BCUT2D eigenvalue weighted by Crippen LogP contribution is 2.27. The van der Waals surface area contributed by atoms with Crippen molar-refractivity contribution in [2.45, 2.75) is 65.0 Å². The van der Waals surface area contributed by atoms with Crippen LogP contribution in [0.1, 0.15) is 58.4 Å². The predicted octanol–water partition coefficient (Wildman–Crippen LogP) is 4.48. The molecule has 0 amide bonds. The molecular formula is C18H29FN2. The average molecular weight is 292 g/mol. The monoisotopic (exact) mass is 292 g/mol. The fraction of sp³-hybridized carbons (Fsp3) is 0.667. The molecule has 118 valence electrons. The van der Waals surface area contributed by atoms with Gasteiger partial charge in [-0.15, -0.1) is 0 Å². The molecule has 1 saturated heterocycles. The Balaban J connectivity index is 2.19. The standard InChI is InChI=1S/C18H29FN2/c1-18(2,3)20-14-15-10-9-11-16(19)17(15)21-12-7-5-4-6-8-13-21/h9-11,20H,4-8,12-14H2,1-3H3. The Morgan fingerprint density at radius 1 is 1.05 bits per heavy atom. The van der Waals surface area contributed by atoms with E-state index in [9.17, 15) is 4.39 Å². The Labute approximate surface area is 128 Å². The molecule has 2 nitrogen and oxygen atoms in total. The maximum absolute atomic E-state index is 14.4. The zero-order chi connectivity index (χ0) is 15.3. The van der Waals surface area contributed by atoms with Gasteiger partial charge in [-0.05, 0) is 45.2 Å². The second kappa shape index (κ2) is 7.26. The highest BCUT2D eigenvalue weighted by atomic mass is 19.1. The first-order chi connectivity index (χ1) is 9.97. The first-order valence-corrected chi connectivity index (χ1v) is 8.25. The molecule has 1 aliphatic heterocycles. The topological polar surface area (TPSA) is 15.3 Å². The summed E-state index contributed by atoms with van der Waals surface area (Å²) < 4.78 is 14.4. The lowest BCUT2D eigenvalue weighted by molar-refractivity contribution is 0.423. The van der Waals surface area contributed by atoms with Crippen LogP contribution in [0, 0.1) is 5.82 Å². The third kappa shape index (κ3) is 4.99. The molecule has 1 fully saturated rings. The number of benzene rings is 1. The zero-order valence-electron chi connectivity index (χ0n) is 13.7. The lowest BCUT2D eigenvalue weighted by atomic mass is 10.0. The van der Waals surface area contributed by atoms with Crippen LogP contribution in [0.3, 0.4) is 0 Å². The zero-order valence-corrected chi connectivity index (χ0v) is 13.7. The molecule has 1 aromatic rings. The molecule has 0 aliphatic carbocycles. The van der Waals surface area contributed by atoms with Crippen molar-refractivity contribution in [1.82, 2.24) is 5.32 Å². The predicted molar refractivity (Wildman–Crippen MR) is 88.3 cm³/mol. The highest BCUT2D eigenvalue weighted by Gasteiger charge is 2.18. The third-order valence-electron chi connectivity index (χ3n) is 4.05. The fourth-order valence-electron chi connectivity index (χ4n) is 2.89. The summed E-state index contributed by atoms with van der Waals surface area (Å²) >= 11 is 0. The Bertz CT molecular complexity index is 443. The summed E-state index contributed by atoms with van der Waals surface area (Å²) in [5.41, 5.74) is 1.93. The summed E-state index contributed by atoms with van der Waals surface area (Å²) in [6.07, 6.45) is 6.19. The van der Waals surface area contributed by atoms with Crippen LogP contribution in [0.5, 0.6) is 0 Å². The summed E-state index contributed by atoms with van der Waals surface area (Å²) in [6, 6.07) is 5.47. The molecule has 0 spiro atoms. The summed E-state index contributed by atoms with van der Waals surface area (Å²) in [6.45, 7) is 9.09. The third-order valence-corrected chi connectivity index (χ3v) is 4.05. The van der Waals surface area contributed by atoms with E-state index < -0.39 is 0 Å². The van der Waals surface area contributed by atoms with E-state index in [1.807, 2.05) is 6.07 Å². The lowest BCUT2D eigenvalue weighted by Gasteiger charge is -2.30. The van der Waals surface area contributed by atoms with E-state index >= 15 is 0 Å². The number of nitrogens with zero attached hydrogens (tertiary/aromatic N) is 1. The first kappa shape index (κ1) is 16.3. The molecule has 0 saturated carbocycles. The second-order valence-electron chi connectivity index (χ2n) is 7.11. The maximum Gasteiger partial charge on any atom is 0.146 e. The van der Waals surface area contributed by atoms with E-state index in [1.54, 1.807) is 6.07 Å². The van der Waals surface area contributed by atoms with E-state index in [1.165, 1.54) is 32.1 Å². The van der Waals surface area contributed by atoms with Gasteiger partial charge in [0.2, 0.25) is 0 Å². The van der Waals surface area contributed by atoms with E-state index in [0.717, 1.165) is 24.3 Å². The molecule has 1 N–H and O–H groups in total. The summed E-state index contributed by atoms with van der Waals surface area (Å²) in [5.74, 6) is -0.0798. The SMILES string of the molecule is CC(C)(C)NCc1cccc(F)c1N1CCCCCCC1. The minimum Gasteiger partial charge on any atom is -0.369 e. The van der Waals surface area contributed by atoms with Gasteiger partial charge in [0.1, 0.15) is 5.82 Å². The summed E-state index contributed by atoms with van der Waals surface area (Å²) in [5, 5.41) is 3.48. The fourth-order valence-corrected chi connectivity index (χ4v) is 2.89. The van der Waals surface area contributed by atoms with E-state index in [-0.39, 0.29) is 11.4 Å². The number of anilines is 1. The van der Waals surface area contributed by atoms with Gasteiger partial charge in [0, 0.05) is 25.2 Å². The smallest absolute Gasteiger partial charge is 0.146 e.